The van der Waals surface area contributed by atoms with Crippen LogP contribution in [0.2, 0.25) is 0 Å². The summed E-state index contributed by atoms with van der Waals surface area (Å²) in [4.78, 5) is 11.6. The van der Waals surface area contributed by atoms with E-state index >= 15 is 0 Å². The van der Waals surface area contributed by atoms with Crippen LogP contribution in [0.15, 0.2) is 54.1 Å². The van der Waals surface area contributed by atoms with Crippen molar-refractivity contribution in [1.82, 2.24) is 0 Å². The summed E-state index contributed by atoms with van der Waals surface area (Å²) in [6, 6.07) is 9.69. The predicted molar refractivity (Wildman–Crippen MR) is 85.4 cm³/mol. The molecule has 1 aliphatic carbocycles. The van der Waals surface area contributed by atoms with E-state index in [4.69, 9.17) is 4.74 Å². The first-order valence-electron chi connectivity index (χ1n) is 7.44. The third-order valence-corrected chi connectivity index (χ3v) is 2.44. The average Bonchev–Trinajstić information content (AvgIpc) is 2.58. The molecule has 0 unspecified atom stereocenters. The molecule has 20 heavy (non-hydrogen) atoms. The van der Waals surface area contributed by atoms with Crippen molar-refractivity contribution < 1.29 is 9.53 Å². The van der Waals surface area contributed by atoms with Crippen molar-refractivity contribution in [3.63, 3.8) is 0 Å². The van der Waals surface area contributed by atoms with Crippen LogP contribution in [0, 0.1) is 0 Å². The van der Waals surface area contributed by atoms with Crippen LogP contribution in [-0.2, 0) is 16.1 Å². The Kier molecular flexibility index (Phi) is 11.1. The van der Waals surface area contributed by atoms with Crippen LogP contribution >= 0.6 is 0 Å². The van der Waals surface area contributed by atoms with E-state index in [1.165, 1.54) is 0 Å². The van der Waals surface area contributed by atoms with Crippen LogP contribution in [0.5, 0.6) is 0 Å². The van der Waals surface area contributed by atoms with Crippen molar-refractivity contribution in [2.24, 2.45) is 0 Å². The molecule has 0 N–H and O–H groups in total. The van der Waals surface area contributed by atoms with Gasteiger partial charge in [-0.25, -0.2) is 4.79 Å². The summed E-state index contributed by atoms with van der Waals surface area (Å²) in [5.74, 6) is -0.236. The van der Waals surface area contributed by atoms with Gasteiger partial charge in [0.25, 0.3) is 0 Å². The maximum atomic E-state index is 11.6. The maximum absolute atomic E-state index is 11.6. The minimum Gasteiger partial charge on any atom is -0.457 e. The maximum Gasteiger partial charge on any atom is 0.338 e. The van der Waals surface area contributed by atoms with Crippen LogP contribution in [0.1, 0.15) is 46.1 Å². The fraction of sp³-hybridized carbons (Fsp3) is 0.389. The van der Waals surface area contributed by atoms with Gasteiger partial charge in [0.1, 0.15) is 6.61 Å². The molecule has 0 saturated heterocycles. The largest absolute Gasteiger partial charge is 0.457 e. The third kappa shape index (κ3) is 6.93. The lowest BCUT2D eigenvalue weighted by molar-refractivity contribution is -0.139. The minimum absolute atomic E-state index is 0.236. The van der Waals surface area contributed by atoms with Crippen LogP contribution in [0.3, 0.4) is 0 Å². The number of hydrogen-bond donors (Lipinski definition) is 0. The van der Waals surface area contributed by atoms with Crippen molar-refractivity contribution >= 4 is 5.97 Å². The fourth-order valence-electron chi connectivity index (χ4n) is 1.57. The van der Waals surface area contributed by atoms with Gasteiger partial charge in [-0.1, -0.05) is 76.3 Å². The zero-order valence-electron chi connectivity index (χ0n) is 13.1. The summed E-state index contributed by atoms with van der Waals surface area (Å²) >= 11 is 0. The molecular weight excluding hydrogens is 248 g/mol. The van der Waals surface area contributed by atoms with E-state index in [1.807, 2.05) is 76.3 Å². The molecule has 2 heteroatoms. The van der Waals surface area contributed by atoms with Crippen molar-refractivity contribution in [2.45, 2.75) is 47.1 Å². The number of hydrogen-bond acceptors (Lipinski definition) is 2. The van der Waals surface area contributed by atoms with Gasteiger partial charge in [0, 0.05) is 0 Å². The Hall–Kier alpha value is -1.83. The molecule has 0 fully saturated rings. The second-order valence-corrected chi connectivity index (χ2v) is 3.70. The number of rotatable bonds is 3. The fourth-order valence-corrected chi connectivity index (χ4v) is 1.57. The molecule has 0 amide bonds. The Morgan fingerprint density at radius 2 is 1.70 bits per heavy atom. The molecule has 0 atom stereocenters. The summed E-state index contributed by atoms with van der Waals surface area (Å²) in [6.45, 7) is 8.34. The molecule has 0 bridgehead atoms. The molecule has 0 radical (unpaired) electrons. The Bertz CT molecular complexity index is 416. The molecule has 110 valence electrons. The average molecular weight is 274 g/mol. The first kappa shape index (κ1) is 18.2. The minimum atomic E-state index is -0.236. The number of carbonyl (C=O) groups excluding carboxylic acids is 1. The normalized spacial score (nSPS) is 12.1. The van der Waals surface area contributed by atoms with E-state index in [0.29, 0.717) is 12.2 Å². The van der Waals surface area contributed by atoms with E-state index in [-0.39, 0.29) is 5.97 Å². The number of benzene rings is 1. The van der Waals surface area contributed by atoms with Gasteiger partial charge < -0.3 is 4.74 Å². The molecule has 0 aliphatic heterocycles. The summed E-state index contributed by atoms with van der Waals surface area (Å²) in [6.07, 6.45) is 7.69. The number of esters is 1. The third-order valence-electron chi connectivity index (χ3n) is 2.44. The highest BCUT2D eigenvalue weighted by molar-refractivity contribution is 5.91. The Labute approximate surface area is 123 Å². The van der Waals surface area contributed by atoms with Crippen molar-refractivity contribution in [3.05, 3.63) is 59.7 Å². The van der Waals surface area contributed by atoms with Gasteiger partial charge in [-0.15, -0.1) is 0 Å². The van der Waals surface area contributed by atoms with Crippen LogP contribution < -0.4 is 0 Å². The zero-order chi connectivity index (χ0) is 15.2. The van der Waals surface area contributed by atoms with E-state index in [9.17, 15) is 4.79 Å². The topological polar surface area (TPSA) is 26.3 Å². The SMILES string of the molecule is CC.CC.O=C(OCc1ccccc1)C1=CCCC=C1. The number of carbonyl (C=O) groups is 1. The lowest BCUT2D eigenvalue weighted by Crippen LogP contribution is -2.07. The quantitative estimate of drug-likeness (QED) is 0.720. The van der Waals surface area contributed by atoms with Crippen molar-refractivity contribution in [3.8, 4) is 0 Å². The van der Waals surface area contributed by atoms with E-state index in [0.717, 1.165) is 18.4 Å². The predicted octanol–water partition coefficient (Wildman–Crippen LogP) is 5.06. The standard InChI is InChI=1S/C14H14O2.2C2H6/c15-14(13-9-5-2-6-10-13)16-11-12-7-3-1-4-8-12;2*1-2/h1,3-5,7-10H,2,6,11H2;2*1-2H3. The van der Waals surface area contributed by atoms with Gasteiger partial charge >= 0.3 is 5.97 Å². The van der Waals surface area contributed by atoms with Gasteiger partial charge in [0.15, 0.2) is 0 Å². The van der Waals surface area contributed by atoms with Crippen LogP contribution in [0.4, 0.5) is 0 Å². The first-order valence-corrected chi connectivity index (χ1v) is 7.44. The Morgan fingerprint density at radius 1 is 1.05 bits per heavy atom. The summed E-state index contributed by atoms with van der Waals surface area (Å²) in [7, 11) is 0. The highest BCUT2D eigenvalue weighted by atomic mass is 16.5. The van der Waals surface area contributed by atoms with Gasteiger partial charge in [0.2, 0.25) is 0 Å². The van der Waals surface area contributed by atoms with Crippen molar-refractivity contribution in [1.29, 1.82) is 0 Å². The molecule has 1 aromatic carbocycles. The van der Waals surface area contributed by atoms with Crippen LogP contribution in [0.25, 0.3) is 0 Å². The molecule has 2 rings (SSSR count). The molecule has 0 saturated carbocycles. The highest BCUT2D eigenvalue weighted by Crippen LogP contribution is 2.12. The molecule has 1 aliphatic rings. The van der Waals surface area contributed by atoms with E-state index in [2.05, 4.69) is 0 Å². The number of ether oxygens (including phenoxy) is 1. The second kappa shape index (κ2) is 12.2. The molecule has 0 aromatic heterocycles. The Balaban J connectivity index is 0.000000829. The Morgan fingerprint density at radius 3 is 2.25 bits per heavy atom. The van der Waals surface area contributed by atoms with Crippen LogP contribution in [-0.4, -0.2) is 5.97 Å². The zero-order valence-corrected chi connectivity index (χ0v) is 13.1. The van der Waals surface area contributed by atoms with Gasteiger partial charge in [-0.05, 0) is 18.4 Å². The summed E-state index contributed by atoms with van der Waals surface area (Å²) in [5, 5.41) is 0. The van der Waals surface area contributed by atoms with Gasteiger partial charge in [-0.3, -0.25) is 0 Å². The van der Waals surface area contributed by atoms with E-state index < -0.39 is 0 Å². The smallest absolute Gasteiger partial charge is 0.338 e. The lowest BCUT2D eigenvalue weighted by atomic mass is 10.1. The summed E-state index contributed by atoms with van der Waals surface area (Å²) in [5.41, 5.74) is 1.68. The highest BCUT2D eigenvalue weighted by Gasteiger charge is 2.09. The lowest BCUT2D eigenvalue weighted by Gasteiger charge is -2.07. The molecule has 0 heterocycles. The van der Waals surface area contributed by atoms with E-state index in [1.54, 1.807) is 0 Å². The number of allylic oxidation sites excluding steroid dienone is 2. The molecule has 2 nitrogen and oxygen atoms in total. The van der Waals surface area contributed by atoms with Crippen molar-refractivity contribution in [2.75, 3.05) is 0 Å². The molecular formula is C18H26O2. The summed E-state index contributed by atoms with van der Waals surface area (Å²) < 4.78 is 5.21. The monoisotopic (exact) mass is 274 g/mol. The van der Waals surface area contributed by atoms with Gasteiger partial charge in [-0.2, -0.15) is 0 Å². The molecule has 0 spiro atoms. The first-order chi connectivity index (χ1) is 9.86. The second-order valence-electron chi connectivity index (χ2n) is 3.70. The van der Waals surface area contributed by atoms with Gasteiger partial charge in [0.05, 0.1) is 5.57 Å². The molecule has 1 aromatic rings.